The molecule has 2 heterocycles. The fourth-order valence-electron chi connectivity index (χ4n) is 1.67. The van der Waals surface area contributed by atoms with E-state index in [2.05, 4.69) is 9.97 Å². The molecule has 1 aromatic rings. The molecule has 0 radical (unpaired) electrons. The van der Waals surface area contributed by atoms with E-state index in [0.717, 1.165) is 16.3 Å². The summed E-state index contributed by atoms with van der Waals surface area (Å²) in [6, 6.07) is 0. The van der Waals surface area contributed by atoms with E-state index in [-0.39, 0.29) is 6.61 Å². The van der Waals surface area contributed by atoms with Gasteiger partial charge in [-0.15, -0.1) is 11.8 Å². The molecular weight excluding hydrogens is 249 g/mol. The fourth-order valence-corrected chi connectivity index (χ4v) is 3.02. The fraction of sp³-hybridized carbons (Fsp3) is 0.667. The number of aryl methyl sites for hydroxylation is 1. The van der Waals surface area contributed by atoms with Gasteiger partial charge in [0.1, 0.15) is 23.6 Å². The molecule has 0 aromatic carbocycles. The van der Waals surface area contributed by atoms with Crippen molar-refractivity contribution in [3.05, 3.63) is 22.6 Å². The Morgan fingerprint density at radius 2 is 2.35 bits per heavy atom. The molecule has 6 nitrogen and oxygen atoms in total. The summed E-state index contributed by atoms with van der Waals surface area (Å²) in [6.07, 6.45) is -1.70. The lowest BCUT2D eigenvalue weighted by atomic mass is 10.1. The standard InChI is InChI=1S/C9H12FN3O3S/c1-4-11-3-13(9(16)12-4)8-6(10)7(15)5(2-14)17-8/h3,5-8,14-15H,2H2,1H3/t5-,6-,7-,8+/m1/s1. The Hall–Kier alpha value is -0.990. The number of hydrogen-bond donors (Lipinski definition) is 2. The maximum atomic E-state index is 13.8. The van der Waals surface area contributed by atoms with Crippen LogP contribution in [0.1, 0.15) is 11.2 Å². The lowest BCUT2D eigenvalue weighted by Crippen LogP contribution is -2.33. The van der Waals surface area contributed by atoms with E-state index >= 15 is 0 Å². The van der Waals surface area contributed by atoms with Crippen molar-refractivity contribution in [1.82, 2.24) is 14.5 Å². The molecule has 94 valence electrons. The number of rotatable bonds is 2. The quantitative estimate of drug-likeness (QED) is 0.728. The van der Waals surface area contributed by atoms with Crippen molar-refractivity contribution < 1.29 is 14.6 Å². The molecule has 1 fully saturated rings. The Kier molecular flexibility index (Phi) is 3.45. The average Bonchev–Trinajstić information content (AvgIpc) is 2.57. The summed E-state index contributed by atoms with van der Waals surface area (Å²) in [5.41, 5.74) is -0.608. The summed E-state index contributed by atoms with van der Waals surface area (Å²) >= 11 is 1.01. The first-order chi connectivity index (χ1) is 8.04. The van der Waals surface area contributed by atoms with Crippen molar-refractivity contribution in [3.8, 4) is 0 Å². The van der Waals surface area contributed by atoms with Crippen molar-refractivity contribution in [3.63, 3.8) is 0 Å². The van der Waals surface area contributed by atoms with E-state index in [0.29, 0.717) is 5.82 Å². The van der Waals surface area contributed by atoms with Crippen molar-refractivity contribution in [1.29, 1.82) is 0 Å². The summed E-state index contributed by atoms with van der Waals surface area (Å²) in [6.45, 7) is 1.22. The number of aromatic nitrogens is 3. The molecule has 4 atom stereocenters. The van der Waals surface area contributed by atoms with Crippen LogP contribution in [-0.2, 0) is 0 Å². The van der Waals surface area contributed by atoms with Crippen molar-refractivity contribution in [2.45, 2.75) is 29.8 Å². The highest BCUT2D eigenvalue weighted by Crippen LogP contribution is 2.42. The van der Waals surface area contributed by atoms with Crippen LogP contribution < -0.4 is 5.69 Å². The molecule has 1 saturated heterocycles. The Balaban J connectivity index is 2.32. The minimum Gasteiger partial charge on any atom is -0.395 e. The van der Waals surface area contributed by atoms with Crippen LogP contribution in [0.3, 0.4) is 0 Å². The average molecular weight is 261 g/mol. The van der Waals surface area contributed by atoms with Crippen LogP contribution in [0, 0.1) is 6.92 Å². The Morgan fingerprint density at radius 1 is 1.65 bits per heavy atom. The van der Waals surface area contributed by atoms with Gasteiger partial charge in [0.25, 0.3) is 0 Å². The third kappa shape index (κ3) is 2.20. The van der Waals surface area contributed by atoms with E-state index < -0.39 is 28.6 Å². The highest BCUT2D eigenvalue weighted by Gasteiger charge is 2.44. The molecule has 2 rings (SSSR count). The van der Waals surface area contributed by atoms with E-state index in [1.54, 1.807) is 6.92 Å². The number of aliphatic hydroxyl groups excluding tert-OH is 2. The maximum Gasteiger partial charge on any atom is 0.351 e. The van der Waals surface area contributed by atoms with Gasteiger partial charge in [0.05, 0.1) is 11.9 Å². The number of aliphatic hydroxyl groups is 2. The van der Waals surface area contributed by atoms with Gasteiger partial charge in [-0.05, 0) is 6.92 Å². The minimum absolute atomic E-state index is 0.309. The number of nitrogens with zero attached hydrogens (tertiary/aromatic N) is 3. The molecule has 1 aliphatic rings. The topological polar surface area (TPSA) is 88.2 Å². The van der Waals surface area contributed by atoms with Crippen molar-refractivity contribution in [2.24, 2.45) is 0 Å². The molecule has 0 bridgehead atoms. The van der Waals surface area contributed by atoms with Crippen LogP contribution in [0.5, 0.6) is 0 Å². The Labute approximate surface area is 101 Å². The van der Waals surface area contributed by atoms with Crippen molar-refractivity contribution in [2.75, 3.05) is 6.61 Å². The lowest BCUT2D eigenvalue weighted by Gasteiger charge is -2.14. The monoisotopic (exact) mass is 261 g/mol. The third-order valence-electron chi connectivity index (χ3n) is 2.60. The normalized spacial score (nSPS) is 32.9. The molecule has 1 aromatic heterocycles. The predicted octanol–water partition coefficient (Wildman–Crippen LogP) is -0.748. The summed E-state index contributed by atoms with van der Waals surface area (Å²) < 4.78 is 14.8. The molecule has 0 unspecified atom stereocenters. The predicted molar refractivity (Wildman–Crippen MR) is 59.4 cm³/mol. The maximum absolute atomic E-state index is 13.8. The van der Waals surface area contributed by atoms with E-state index in [1.807, 2.05) is 0 Å². The first-order valence-electron chi connectivity index (χ1n) is 5.05. The molecule has 2 N–H and O–H groups in total. The van der Waals surface area contributed by atoms with Gasteiger partial charge in [-0.3, -0.25) is 4.57 Å². The van der Waals surface area contributed by atoms with Gasteiger partial charge in [-0.25, -0.2) is 14.2 Å². The molecule has 0 aliphatic carbocycles. The number of hydrogen-bond acceptors (Lipinski definition) is 6. The molecule has 17 heavy (non-hydrogen) atoms. The number of thioether (sulfide) groups is 1. The zero-order valence-corrected chi connectivity index (χ0v) is 9.84. The number of alkyl halides is 1. The summed E-state index contributed by atoms with van der Waals surface area (Å²) in [4.78, 5) is 19.0. The van der Waals surface area contributed by atoms with Gasteiger partial charge >= 0.3 is 5.69 Å². The molecule has 0 saturated carbocycles. The summed E-state index contributed by atoms with van der Waals surface area (Å²) in [5, 5.41) is 17.0. The number of halogens is 1. The lowest BCUT2D eigenvalue weighted by molar-refractivity contribution is 0.0629. The van der Waals surface area contributed by atoms with Gasteiger partial charge in [-0.2, -0.15) is 4.98 Å². The van der Waals surface area contributed by atoms with E-state index in [9.17, 15) is 14.3 Å². The smallest absolute Gasteiger partial charge is 0.351 e. The Bertz CT molecular complexity index is 469. The van der Waals surface area contributed by atoms with E-state index in [1.165, 1.54) is 6.33 Å². The van der Waals surface area contributed by atoms with Crippen LogP contribution in [0.15, 0.2) is 11.1 Å². The largest absolute Gasteiger partial charge is 0.395 e. The molecule has 0 spiro atoms. The minimum atomic E-state index is -1.62. The van der Waals surface area contributed by atoms with E-state index in [4.69, 9.17) is 5.11 Å². The second kappa shape index (κ2) is 4.71. The highest BCUT2D eigenvalue weighted by atomic mass is 32.2. The van der Waals surface area contributed by atoms with Crippen molar-refractivity contribution >= 4 is 11.8 Å². The van der Waals surface area contributed by atoms with Crippen LogP contribution in [0.2, 0.25) is 0 Å². The zero-order valence-electron chi connectivity index (χ0n) is 9.02. The second-order valence-electron chi connectivity index (χ2n) is 3.78. The highest BCUT2D eigenvalue weighted by molar-refractivity contribution is 8.00. The van der Waals surface area contributed by atoms with Crippen LogP contribution in [0.4, 0.5) is 4.39 Å². The zero-order chi connectivity index (χ0) is 12.6. The van der Waals surface area contributed by atoms with Gasteiger partial charge in [0.2, 0.25) is 0 Å². The van der Waals surface area contributed by atoms with Gasteiger partial charge in [0.15, 0.2) is 6.17 Å². The molecular formula is C9H12FN3O3S. The van der Waals surface area contributed by atoms with Gasteiger partial charge in [-0.1, -0.05) is 0 Å². The molecule has 1 aliphatic heterocycles. The second-order valence-corrected chi connectivity index (χ2v) is 5.14. The summed E-state index contributed by atoms with van der Waals surface area (Å²) in [7, 11) is 0. The molecule has 8 heteroatoms. The first-order valence-corrected chi connectivity index (χ1v) is 5.99. The summed E-state index contributed by atoms with van der Waals surface area (Å²) in [5.74, 6) is 0.309. The Morgan fingerprint density at radius 3 is 2.88 bits per heavy atom. The third-order valence-corrected chi connectivity index (χ3v) is 4.14. The molecule has 0 amide bonds. The van der Waals surface area contributed by atoms with Crippen LogP contribution >= 0.6 is 11.8 Å². The van der Waals surface area contributed by atoms with Gasteiger partial charge in [0, 0.05) is 0 Å². The van der Waals surface area contributed by atoms with Gasteiger partial charge < -0.3 is 10.2 Å². The SMILES string of the molecule is Cc1ncn([C@H]2S[C@H](CO)[C@@H](O)[C@H]2F)c(=O)n1. The van der Waals surface area contributed by atoms with Crippen LogP contribution in [-0.4, -0.2) is 48.9 Å². The first kappa shape index (κ1) is 12.5. The van der Waals surface area contributed by atoms with Crippen LogP contribution in [0.25, 0.3) is 0 Å².